The first-order chi connectivity index (χ1) is 14.6. The lowest BCUT2D eigenvalue weighted by Crippen LogP contribution is -2.54. The van der Waals surface area contributed by atoms with E-state index in [2.05, 4.69) is 5.10 Å². The molecule has 0 bridgehead atoms. The van der Waals surface area contributed by atoms with E-state index in [1.165, 1.54) is 19.2 Å². The second-order valence-corrected chi connectivity index (χ2v) is 9.02. The number of amides is 1. The third kappa shape index (κ3) is 3.82. The highest BCUT2D eigenvalue weighted by molar-refractivity contribution is 5.86. The van der Waals surface area contributed by atoms with Gasteiger partial charge < -0.3 is 14.4 Å². The van der Waals surface area contributed by atoms with Crippen LogP contribution in [0.5, 0.6) is 0 Å². The van der Waals surface area contributed by atoms with Gasteiger partial charge in [-0.05, 0) is 75.1 Å². The predicted octanol–water partition coefficient (Wildman–Crippen LogP) is 3.75. The molecule has 1 fully saturated rings. The van der Waals surface area contributed by atoms with E-state index in [1.54, 1.807) is 27.9 Å². The van der Waals surface area contributed by atoms with Crippen LogP contribution in [0.3, 0.4) is 0 Å². The number of nitrogens with zero attached hydrogens (tertiary/aromatic N) is 3. The van der Waals surface area contributed by atoms with Gasteiger partial charge in [0.2, 0.25) is 0 Å². The number of benzene rings is 1. The first-order valence-electron chi connectivity index (χ1n) is 10.2. The van der Waals surface area contributed by atoms with Crippen LogP contribution in [0, 0.1) is 11.2 Å². The summed E-state index contributed by atoms with van der Waals surface area (Å²) in [4.78, 5) is 27.3. The number of hydrogen-bond donors (Lipinski definition) is 0. The Bertz CT molecular complexity index is 1050. The Hall–Kier alpha value is -3.16. The first kappa shape index (κ1) is 21.1. The molecule has 31 heavy (non-hydrogen) atoms. The molecule has 7 nitrogen and oxygen atoms in total. The first-order valence-corrected chi connectivity index (χ1v) is 10.2. The van der Waals surface area contributed by atoms with Gasteiger partial charge in [-0.3, -0.25) is 4.79 Å². The van der Waals surface area contributed by atoms with Gasteiger partial charge >= 0.3 is 12.1 Å². The van der Waals surface area contributed by atoms with E-state index in [0.717, 1.165) is 22.5 Å². The fraction of sp³-hybridized carbons (Fsp3) is 0.435. The molecule has 1 aromatic carbocycles. The minimum Gasteiger partial charge on any atom is -0.468 e. The van der Waals surface area contributed by atoms with Crippen molar-refractivity contribution in [3.8, 4) is 5.69 Å². The van der Waals surface area contributed by atoms with Gasteiger partial charge in [0.15, 0.2) is 0 Å². The molecule has 1 aliphatic carbocycles. The number of rotatable bonds is 2. The topological polar surface area (TPSA) is 73.7 Å². The highest BCUT2D eigenvalue weighted by Gasteiger charge is 2.51. The summed E-state index contributed by atoms with van der Waals surface area (Å²) < 4.78 is 25.8. The van der Waals surface area contributed by atoms with Gasteiger partial charge in [0.05, 0.1) is 24.7 Å². The van der Waals surface area contributed by atoms with Gasteiger partial charge in [0.1, 0.15) is 16.8 Å². The molecule has 1 atom stereocenters. The van der Waals surface area contributed by atoms with Crippen LogP contribution < -0.4 is 0 Å². The maximum absolute atomic E-state index is 13.3. The van der Waals surface area contributed by atoms with E-state index in [-0.39, 0.29) is 18.3 Å². The average molecular weight is 427 g/mol. The van der Waals surface area contributed by atoms with Crippen LogP contribution in [0.2, 0.25) is 0 Å². The van der Waals surface area contributed by atoms with Crippen LogP contribution in [-0.2, 0) is 20.7 Å². The molecule has 2 heterocycles. The molecule has 2 aliphatic rings. The van der Waals surface area contributed by atoms with Gasteiger partial charge in [0, 0.05) is 13.1 Å². The van der Waals surface area contributed by atoms with E-state index in [1.807, 2.05) is 26.8 Å². The molecule has 1 aliphatic heterocycles. The number of likely N-dealkylation sites (tertiary alicyclic amines) is 1. The van der Waals surface area contributed by atoms with E-state index in [9.17, 15) is 14.0 Å². The summed E-state index contributed by atoms with van der Waals surface area (Å²) in [5.74, 6) is -0.699. The molecule has 1 saturated heterocycles. The number of carbonyl (C=O) groups is 2. The molecule has 0 saturated carbocycles. The summed E-state index contributed by atoms with van der Waals surface area (Å²) in [7, 11) is 1.36. The third-order valence-electron chi connectivity index (χ3n) is 5.71. The van der Waals surface area contributed by atoms with Gasteiger partial charge in [-0.2, -0.15) is 5.10 Å². The van der Waals surface area contributed by atoms with Crippen molar-refractivity contribution in [1.82, 2.24) is 14.7 Å². The van der Waals surface area contributed by atoms with Crippen molar-refractivity contribution >= 4 is 18.1 Å². The third-order valence-corrected chi connectivity index (χ3v) is 5.71. The van der Waals surface area contributed by atoms with Crippen molar-refractivity contribution in [3.63, 3.8) is 0 Å². The van der Waals surface area contributed by atoms with Gasteiger partial charge in [-0.25, -0.2) is 13.9 Å². The zero-order valence-electron chi connectivity index (χ0n) is 18.1. The second kappa shape index (κ2) is 7.51. The van der Waals surface area contributed by atoms with Gasteiger partial charge in [-0.1, -0.05) is 0 Å². The van der Waals surface area contributed by atoms with Gasteiger partial charge in [0.25, 0.3) is 0 Å². The lowest BCUT2D eigenvalue weighted by molar-refractivity contribution is -0.152. The SMILES string of the molecule is COC(=O)C12Cc3cnn(-c4ccc(F)cc4)c3C=C1CCN(C(=O)OC(C)(C)C)C2. The van der Waals surface area contributed by atoms with Crippen LogP contribution in [0.1, 0.15) is 38.4 Å². The summed E-state index contributed by atoms with van der Waals surface area (Å²) >= 11 is 0. The number of esters is 1. The molecule has 1 aromatic heterocycles. The quantitative estimate of drug-likeness (QED) is 0.683. The van der Waals surface area contributed by atoms with Crippen molar-refractivity contribution in [2.24, 2.45) is 5.41 Å². The highest BCUT2D eigenvalue weighted by atomic mass is 19.1. The largest absolute Gasteiger partial charge is 0.468 e. The van der Waals surface area contributed by atoms with Crippen molar-refractivity contribution in [2.75, 3.05) is 20.2 Å². The molecule has 2 aromatic rings. The highest BCUT2D eigenvalue weighted by Crippen LogP contribution is 2.45. The number of hydrogen-bond acceptors (Lipinski definition) is 5. The summed E-state index contributed by atoms with van der Waals surface area (Å²) in [5.41, 5.74) is 1.75. The smallest absolute Gasteiger partial charge is 0.410 e. The van der Waals surface area contributed by atoms with Crippen LogP contribution in [-0.4, -0.2) is 52.5 Å². The number of piperidine rings is 1. The summed E-state index contributed by atoms with van der Waals surface area (Å²) in [5, 5.41) is 4.47. The Morgan fingerprint density at radius 1 is 1.19 bits per heavy atom. The Balaban J connectivity index is 1.70. The van der Waals surface area contributed by atoms with E-state index in [0.29, 0.717) is 19.4 Å². The molecule has 8 heteroatoms. The maximum Gasteiger partial charge on any atom is 0.410 e. The Labute approximate surface area is 180 Å². The average Bonchev–Trinajstić information content (AvgIpc) is 3.12. The van der Waals surface area contributed by atoms with Crippen LogP contribution in [0.25, 0.3) is 11.8 Å². The maximum atomic E-state index is 13.3. The zero-order chi connectivity index (χ0) is 22.4. The predicted molar refractivity (Wildman–Crippen MR) is 112 cm³/mol. The minimum atomic E-state index is -0.979. The monoisotopic (exact) mass is 427 g/mol. The molecular formula is C23H26FN3O4. The van der Waals surface area contributed by atoms with Crippen molar-refractivity contribution in [2.45, 2.75) is 39.2 Å². The van der Waals surface area contributed by atoms with Crippen molar-refractivity contribution in [1.29, 1.82) is 0 Å². The van der Waals surface area contributed by atoms with E-state index >= 15 is 0 Å². The summed E-state index contributed by atoms with van der Waals surface area (Å²) in [6, 6.07) is 6.09. The lowest BCUT2D eigenvalue weighted by Gasteiger charge is -2.44. The summed E-state index contributed by atoms with van der Waals surface area (Å²) in [6.07, 6.45) is 4.10. The Kier molecular flexibility index (Phi) is 5.11. The lowest BCUT2D eigenvalue weighted by atomic mass is 9.68. The molecule has 0 radical (unpaired) electrons. The molecule has 0 N–H and O–H groups in total. The van der Waals surface area contributed by atoms with Crippen LogP contribution in [0.15, 0.2) is 36.0 Å². The van der Waals surface area contributed by atoms with Crippen LogP contribution >= 0.6 is 0 Å². The normalized spacial score (nSPS) is 20.4. The number of aromatic nitrogens is 2. The van der Waals surface area contributed by atoms with E-state index < -0.39 is 17.1 Å². The number of ether oxygens (including phenoxy) is 2. The van der Waals surface area contributed by atoms with Crippen molar-refractivity contribution < 1.29 is 23.5 Å². The molecule has 4 rings (SSSR count). The Morgan fingerprint density at radius 2 is 1.90 bits per heavy atom. The zero-order valence-corrected chi connectivity index (χ0v) is 18.1. The molecule has 0 spiro atoms. The number of methoxy groups -OCH3 is 1. The van der Waals surface area contributed by atoms with Crippen molar-refractivity contribution in [3.05, 3.63) is 53.1 Å². The minimum absolute atomic E-state index is 0.182. The molecular weight excluding hydrogens is 401 g/mol. The molecule has 1 unspecified atom stereocenters. The fourth-order valence-corrected chi connectivity index (χ4v) is 4.29. The number of fused-ring (bicyclic) bond motifs is 2. The number of halogens is 1. The van der Waals surface area contributed by atoms with Gasteiger partial charge in [-0.15, -0.1) is 0 Å². The standard InChI is InChI=1S/C23H26FN3O4/c1-22(2,3)31-21(29)26-10-9-16-11-19-15(12-23(16,14-26)20(28)30-4)13-25-27(19)18-7-5-17(24)6-8-18/h5-8,11,13H,9-10,12,14H2,1-4H3. The Morgan fingerprint density at radius 3 is 2.55 bits per heavy atom. The van der Waals surface area contributed by atoms with Crippen LogP contribution in [0.4, 0.5) is 9.18 Å². The fourth-order valence-electron chi connectivity index (χ4n) is 4.29. The molecule has 164 valence electrons. The molecule has 1 amide bonds. The number of carbonyl (C=O) groups excluding carboxylic acids is 2. The van der Waals surface area contributed by atoms with E-state index in [4.69, 9.17) is 9.47 Å². The summed E-state index contributed by atoms with van der Waals surface area (Å²) in [6.45, 7) is 6.06. The second-order valence-electron chi connectivity index (χ2n) is 9.02.